The number of ether oxygens (including phenoxy) is 2. The van der Waals surface area contributed by atoms with Crippen LogP contribution in [0.2, 0.25) is 0 Å². The monoisotopic (exact) mass is 307 g/mol. The number of Topliss-reactive ketones (excluding diaryl/α,β-unsaturated/α-hetero) is 2. The van der Waals surface area contributed by atoms with Crippen LogP contribution in [0.5, 0.6) is 5.75 Å². The molecule has 0 bridgehead atoms. The van der Waals surface area contributed by atoms with Crippen molar-refractivity contribution in [3.63, 3.8) is 0 Å². The van der Waals surface area contributed by atoms with Crippen molar-refractivity contribution in [2.75, 3.05) is 33.4 Å². The van der Waals surface area contributed by atoms with Gasteiger partial charge in [-0.05, 0) is 12.1 Å². The van der Waals surface area contributed by atoms with Crippen LogP contribution in [0.4, 0.5) is 0 Å². The summed E-state index contributed by atoms with van der Waals surface area (Å²) in [5.41, 5.74) is 0.833. The first-order valence-corrected chi connectivity index (χ1v) is 7.01. The number of carbonyl (C=O) groups excluding carboxylic acids is 2. The van der Waals surface area contributed by atoms with Crippen LogP contribution in [0.1, 0.15) is 20.7 Å². The van der Waals surface area contributed by atoms with Gasteiger partial charge in [0.05, 0.1) is 25.9 Å². The van der Waals surface area contributed by atoms with Crippen LogP contribution in [-0.2, 0) is 4.74 Å². The van der Waals surface area contributed by atoms with Gasteiger partial charge in [0.1, 0.15) is 16.5 Å². The first-order valence-electron chi connectivity index (χ1n) is 6.64. The molecule has 21 heavy (non-hydrogen) atoms. The molecule has 1 fully saturated rings. The smallest absolute Gasteiger partial charge is 0.215 e. The Labute approximate surface area is 127 Å². The lowest BCUT2D eigenvalue weighted by Gasteiger charge is -2.32. The molecular formula is C15H14ClNO4. The molecule has 1 aromatic rings. The van der Waals surface area contributed by atoms with E-state index in [9.17, 15) is 9.59 Å². The van der Waals surface area contributed by atoms with E-state index < -0.39 is 0 Å². The predicted molar refractivity (Wildman–Crippen MR) is 76.9 cm³/mol. The molecule has 0 aromatic heterocycles. The van der Waals surface area contributed by atoms with Crippen LogP contribution in [0.25, 0.3) is 0 Å². The van der Waals surface area contributed by atoms with Gasteiger partial charge < -0.3 is 14.4 Å². The number of morpholine rings is 1. The summed E-state index contributed by atoms with van der Waals surface area (Å²) in [5, 5.41) is -0.0253. The van der Waals surface area contributed by atoms with Crippen molar-refractivity contribution in [3.8, 4) is 5.75 Å². The first-order chi connectivity index (χ1) is 10.1. The van der Waals surface area contributed by atoms with Gasteiger partial charge in [-0.1, -0.05) is 17.7 Å². The van der Waals surface area contributed by atoms with Crippen molar-refractivity contribution < 1.29 is 19.1 Å². The lowest BCUT2D eigenvalue weighted by atomic mass is 9.91. The first kappa shape index (κ1) is 14.1. The molecule has 1 saturated heterocycles. The lowest BCUT2D eigenvalue weighted by molar-refractivity contribution is 0.0498. The molecule has 0 amide bonds. The number of rotatable bonds is 2. The summed E-state index contributed by atoms with van der Waals surface area (Å²) >= 11 is 6.17. The van der Waals surface area contributed by atoms with Crippen LogP contribution in [0.15, 0.2) is 28.9 Å². The molecule has 6 heteroatoms. The maximum Gasteiger partial charge on any atom is 0.215 e. The number of benzene rings is 1. The number of ketones is 2. The number of carbonyl (C=O) groups is 2. The van der Waals surface area contributed by atoms with Gasteiger partial charge in [0.25, 0.3) is 0 Å². The van der Waals surface area contributed by atoms with E-state index in [2.05, 4.69) is 0 Å². The minimum absolute atomic E-state index is 0.0253. The quantitative estimate of drug-likeness (QED) is 0.834. The Morgan fingerprint density at radius 1 is 1.19 bits per heavy atom. The standard InChI is InChI=1S/C15H14ClNO4/c1-20-10-4-2-3-9-11(10)15(19)13(12(16)14(9)18)17-5-7-21-8-6-17/h2-4H,5-8H2,1H3. The van der Waals surface area contributed by atoms with Crippen LogP contribution in [0, 0.1) is 0 Å². The number of hydrogen-bond donors (Lipinski definition) is 0. The Hall–Kier alpha value is -1.85. The van der Waals surface area contributed by atoms with Gasteiger partial charge in [-0.2, -0.15) is 0 Å². The number of methoxy groups -OCH3 is 1. The summed E-state index contributed by atoms with van der Waals surface area (Å²) in [7, 11) is 1.47. The molecule has 0 unspecified atom stereocenters. The van der Waals surface area contributed by atoms with E-state index in [4.69, 9.17) is 21.1 Å². The van der Waals surface area contributed by atoms with Crippen LogP contribution >= 0.6 is 11.6 Å². The normalized spacial score (nSPS) is 18.9. The van der Waals surface area contributed by atoms with Crippen molar-refractivity contribution in [2.24, 2.45) is 0 Å². The van der Waals surface area contributed by atoms with E-state index in [0.29, 0.717) is 37.6 Å². The third-order valence-corrected chi connectivity index (χ3v) is 4.02. The van der Waals surface area contributed by atoms with Gasteiger partial charge in [0.2, 0.25) is 11.6 Å². The fraction of sp³-hybridized carbons (Fsp3) is 0.333. The second-order valence-electron chi connectivity index (χ2n) is 4.80. The average molecular weight is 308 g/mol. The van der Waals surface area contributed by atoms with Gasteiger partial charge in [0.15, 0.2) is 0 Å². The molecule has 0 saturated carbocycles. The largest absolute Gasteiger partial charge is 0.496 e. The highest BCUT2D eigenvalue weighted by atomic mass is 35.5. The minimum Gasteiger partial charge on any atom is -0.496 e. The highest BCUT2D eigenvalue weighted by molar-refractivity contribution is 6.50. The molecule has 1 aromatic carbocycles. The zero-order valence-corrected chi connectivity index (χ0v) is 12.3. The maximum absolute atomic E-state index is 12.8. The Bertz CT molecular complexity index is 647. The molecule has 1 aliphatic heterocycles. The molecule has 0 radical (unpaired) electrons. The van der Waals surface area contributed by atoms with Crippen molar-refractivity contribution in [3.05, 3.63) is 40.1 Å². The zero-order valence-electron chi connectivity index (χ0n) is 11.5. The zero-order chi connectivity index (χ0) is 15.0. The van der Waals surface area contributed by atoms with Crippen LogP contribution < -0.4 is 4.74 Å². The molecule has 0 spiro atoms. The fourth-order valence-electron chi connectivity index (χ4n) is 2.64. The van der Waals surface area contributed by atoms with Gasteiger partial charge >= 0.3 is 0 Å². The number of halogens is 1. The van der Waals surface area contributed by atoms with E-state index in [-0.39, 0.29) is 27.9 Å². The summed E-state index contributed by atoms with van der Waals surface area (Å²) in [6, 6.07) is 4.93. The maximum atomic E-state index is 12.8. The van der Waals surface area contributed by atoms with Crippen molar-refractivity contribution in [2.45, 2.75) is 0 Å². The van der Waals surface area contributed by atoms with E-state index in [0.717, 1.165) is 0 Å². The van der Waals surface area contributed by atoms with Crippen LogP contribution in [-0.4, -0.2) is 49.9 Å². The second-order valence-corrected chi connectivity index (χ2v) is 5.18. The summed E-state index contributed by atoms with van der Waals surface area (Å²) in [4.78, 5) is 27.0. The Kier molecular flexibility index (Phi) is 3.69. The molecule has 1 heterocycles. The van der Waals surface area contributed by atoms with Crippen LogP contribution in [0.3, 0.4) is 0 Å². The van der Waals surface area contributed by atoms with E-state index in [1.54, 1.807) is 23.1 Å². The van der Waals surface area contributed by atoms with E-state index >= 15 is 0 Å². The fourth-order valence-corrected chi connectivity index (χ4v) is 2.95. The summed E-state index contributed by atoms with van der Waals surface area (Å²) in [6.07, 6.45) is 0. The van der Waals surface area contributed by atoms with Crippen molar-refractivity contribution in [1.29, 1.82) is 0 Å². The second kappa shape index (κ2) is 5.50. The summed E-state index contributed by atoms with van der Waals surface area (Å²) in [6.45, 7) is 2.09. The van der Waals surface area contributed by atoms with Gasteiger partial charge in [-0.15, -0.1) is 0 Å². The molecule has 0 N–H and O–H groups in total. The molecule has 3 rings (SSSR count). The van der Waals surface area contributed by atoms with E-state index in [1.807, 2.05) is 0 Å². The lowest BCUT2D eigenvalue weighted by Crippen LogP contribution is -2.40. The number of hydrogen-bond acceptors (Lipinski definition) is 5. The Morgan fingerprint density at radius 2 is 1.90 bits per heavy atom. The van der Waals surface area contributed by atoms with Crippen molar-refractivity contribution in [1.82, 2.24) is 4.90 Å². The highest BCUT2D eigenvalue weighted by Crippen LogP contribution is 2.35. The Balaban J connectivity index is 2.12. The number of allylic oxidation sites excluding steroid dienone is 2. The van der Waals surface area contributed by atoms with Gasteiger partial charge in [-0.3, -0.25) is 9.59 Å². The third-order valence-electron chi connectivity index (χ3n) is 3.67. The number of fused-ring (bicyclic) bond motifs is 1. The predicted octanol–water partition coefficient (Wildman–Crippen LogP) is 1.86. The topological polar surface area (TPSA) is 55.8 Å². The summed E-state index contributed by atoms with van der Waals surface area (Å²) < 4.78 is 10.5. The number of nitrogens with zero attached hydrogens (tertiary/aromatic N) is 1. The molecule has 2 aliphatic rings. The van der Waals surface area contributed by atoms with Crippen molar-refractivity contribution >= 4 is 23.2 Å². The Morgan fingerprint density at radius 3 is 2.57 bits per heavy atom. The highest BCUT2D eigenvalue weighted by Gasteiger charge is 2.36. The molecule has 5 nitrogen and oxygen atoms in total. The van der Waals surface area contributed by atoms with Gasteiger partial charge in [-0.25, -0.2) is 0 Å². The SMILES string of the molecule is COc1cccc2c1C(=O)C(N1CCOCC1)=C(Cl)C2=O. The minimum atomic E-state index is -0.341. The van der Waals surface area contributed by atoms with E-state index in [1.165, 1.54) is 7.11 Å². The molecule has 110 valence electrons. The summed E-state index contributed by atoms with van der Waals surface area (Å²) in [5.74, 6) is -0.221. The molecule has 0 atom stereocenters. The van der Waals surface area contributed by atoms with Gasteiger partial charge in [0, 0.05) is 18.7 Å². The third kappa shape index (κ3) is 2.22. The average Bonchev–Trinajstić information content (AvgIpc) is 2.53. The molecular weight excluding hydrogens is 294 g/mol. The molecule has 1 aliphatic carbocycles.